The van der Waals surface area contributed by atoms with Crippen LogP contribution in [0.4, 0.5) is 0 Å². The van der Waals surface area contributed by atoms with Gasteiger partial charge in [0, 0.05) is 5.02 Å². The molecule has 1 N–H and O–H groups in total. The highest BCUT2D eigenvalue weighted by Crippen LogP contribution is 2.57. The highest BCUT2D eigenvalue weighted by molar-refractivity contribution is 6.30. The minimum absolute atomic E-state index is 0.712. The van der Waals surface area contributed by atoms with Crippen molar-refractivity contribution in [3.05, 3.63) is 47.0 Å². The monoisotopic (exact) mass is 245 g/mol. The summed E-state index contributed by atoms with van der Waals surface area (Å²) in [6.45, 7) is 2.42. The second-order valence-electron chi connectivity index (χ2n) is 5.60. The molecule has 1 heterocycles. The molecule has 0 aromatic heterocycles. The molecule has 1 saturated heterocycles. The topological polar surface area (TPSA) is 12.0 Å². The van der Waals surface area contributed by atoms with E-state index < -0.39 is 0 Å². The van der Waals surface area contributed by atoms with Crippen LogP contribution >= 0.6 is 11.6 Å². The Labute approximate surface area is 107 Å². The van der Waals surface area contributed by atoms with Crippen LogP contribution in [-0.2, 0) is 0 Å². The minimum Gasteiger partial charge on any atom is -0.316 e. The molecular formula is C15H16ClN. The van der Waals surface area contributed by atoms with E-state index in [4.69, 9.17) is 11.6 Å². The molecule has 1 aromatic rings. The number of nitrogens with one attached hydrogen (secondary N) is 1. The van der Waals surface area contributed by atoms with E-state index in [2.05, 4.69) is 29.6 Å². The maximum atomic E-state index is 5.98. The van der Waals surface area contributed by atoms with Gasteiger partial charge in [0.1, 0.15) is 0 Å². The van der Waals surface area contributed by atoms with Gasteiger partial charge in [-0.1, -0.05) is 35.9 Å². The van der Waals surface area contributed by atoms with E-state index in [-0.39, 0.29) is 0 Å². The average Bonchev–Trinajstić information content (AvgIpc) is 3.01. The van der Waals surface area contributed by atoms with Crippen LogP contribution in [0.1, 0.15) is 11.5 Å². The van der Waals surface area contributed by atoms with Crippen molar-refractivity contribution in [1.82, 2.24) is 5.32 Å². The van der Waals surface area contributed by atoms with Gasteiger partial charge in [0.2, 0.25) is 0 Å². The Morgan fingerprint density at radius 2 is 1.53 bits per heavy atom. The molecule has 4 rings (SSSR count). The molecule has 0 radical (unpaired) electrons. The number of benzene rings is 1. The van der Waals surface area contributed by atoms with Gasteiger partial charge in [-0.3, -0.25) is 0 Å². The number of rotatable bonds is 1. The van der Waals surface area contributed by atoms with Gasteiger partial charge in [0.15, 0.2) is 0 Å². The lowest BCUT2D eigenvalue weighted by atomic mass is 9.86. The third kappa shape index (κ3) is 1.36. The van der Waals surface area contributed by atoms with Gasteiger partial charge >= 0.3 is 0 Å². The number of hydrogen-bond acceptors (Lipinski definition) is 1. The Bertz CT molecular complexity index is 444. The number of fused-ring (bicyclic) bond motifs is 5. The molecule has 1 nitrogen and oxygen atoms in total. The maximum Gasteiger partial charge on any atom is 0.0406 e. The van der Waals surface area contributed by atoms with Gasteiger partial charge in [-0.05, 0) is 60.4 Å². The van der Waals surface area contributed by atoms with Crippen molar-refractivity contribution in [3.63, 3.8) is 0 Å². The van der Waals surface area contributed by atoms with E-state index in [0.29, 0.717) is 5.92 Å². The van der Waals surface area contributed by atoms with Crippen molar-refractivity contribution >= 4 is 11.6 Å². The fraction of sp³-hybridized carbons (Fsp3) is 0.467. The van der Waals surface area contributed by atoms with Gasteiger partial charge in [-0.25, -0.2) is 0 Å². The lowest BCUT2D eigenvalue weighted by Crippen LogP contribution is -2.17. The molecule has 2 fully saturated rings. The predicted octanol–water partition coefficient (Wildman–Crippen LogP) is 3.08. The Morgan fingerprint density at radius 1 is 0.941 bits per heavy atom. The number of hydrogen-bond donors (Lipinski definition) is 1. The van der Waals surface area contributed by atoms with E-state index in [1.165, 1.54) is 18.7 Å². The van der Waals surface area contributed by atoms with Gasteiger partial charge in [-0.15, -0.1) is 0 Å². The van der Waals surface area contributed by atoms with Gasteiger partial charge in [0.05, 0.1) is 0 Å². The quantitative estimate of drug-likeness (QED) is 0.750. The van der Waals surface area contributed by atoms with Crippen molar-refractivity contribution in [1.29, 1.82) is 0 Å². The van der Waals surface area contributed by atoms with Crippen molar-refractivity contribution in [2.75, 3.05) is 13.1 Å². The molecule has 1 saturated carbocycles. The summed E-state index contributed by atoms with van der Waals surface area (Å²) < 4.78 is 0. The first-order valence-electron chi connectivity index (χ1n) is 6.49. The van der Waals surface area contributed by atoms with Crippen LogP contribution in [0.25, 0.3) is 0 Å². The minimum atomic E-state index is 0.712. The van der Waals surface area contributed by atoms with Crippen LogP contribution in [0.2, 0.25) is 5.02 Å². The molecule has 88 valence electrons. The first kappa shape index (κ1) is 10.2. The normalized spacial score (nSPS) is 42.1. The van der Waals surface area contributed by atoms with Crippen molar-refractivity contribution in [2.45, 2.75) is 5.92 Å². The van der Waals surface area contributed by atoms with Crippen molar-refractivity contribution in [3.8, 4) is 0 Å². The molecular weight excluding hydrogens is 230 g/mol. The molecule has 2 bridgehead atoms. The molecule has 1 aliphatic heterocycles. The first-order valence-corrected chi connectivity index (χ1v) is 6.87. The summed E-state index contributed by atoms with van der Waals surface area (Å²) in [6.07, 6.45) is 4.91. The fourth-order valence-corrected chi connectivity index (χ4v) is 4.39. The SMILES string of the molecule is Clc1ccc(C2C3C=CC2C2CNCC32)cc1. The summed E-state index contributed by atoms with van der Waals surface area (Å²) in [6, 6.07) is 8.49. The molecule has 2 heteroatoms. The maximum absolute atomic E-state index is 5.98. The molecule has 0 amide bonds. The summed E-state index contributed by atoms with van der Waals surface area (Å²) >= 11 is 5.98. The van der Waals surface area contributed by atoms with E-state index in [1.54, 1.807) is 0 Å². The zero-order valence-electron chi connectivity index (χ0n) is 9.64. The largest absolute Gasteiger partial charge is 0.316 e. The van der Waals surface area contributed by atoms with Crippen molar-refractivity contribution < 1.29 is 0 Å². The fourth-order valence-electron chi connectivity index (χ4n) is 4.26. The van der Waals surface area contributed by atoms with Crippen LogP contribution in [0.3, 0.4) is 0 Å². The van der Waals surface area contributed by atoms with E-state index >= 15 is 0 Å². The van der Waals surface area contributed by atoms with Crippen LogP contribution in [0.5, 0.6) is 0 Å². The third-order valence-electron chi connectivity index (χ3n) is 4.94. The third-order valence-corrected chi connectivity index (χ3v) is 5.19. The van der Waals surface area contributed by atoms with E-state index in [9.17, 15) is 0 Å². The zero-order valence-corrected chi connectivity index (χ0v) is 10.4. The summed E-state index contributed by atoms with van der Waals surface area (Å²) in [7, 11) is 0. The van der Waals surface area contributed by atoms with Crippen LogP contribution < -0.4 is 5.32 Å². The summed E-state index contributed by atoms with van der Waals surface area (Å²) in [4.78, 5) is 0. The average molecular weight is 246 g/mol. The lowest BCUT2D eigenvalue weighted by molar-refractivity contribution is 0.395. The highest BCUT2D eigenvalue weighted by atomic mass is 35.5. The number of halogens is 1. The lowest BCUT2D eigenvalue weighted by Gasteiger charge is -2.19. The Hall–Kier alpha value is -0.790. The molecule has 0 spiro atoms. The Kier molecular flexibility index (Phi) is 2.15. The van der Waals surface area contributed by atoms with E-state index in [0.717, 1.165) is 28.7 Å². The van der Waals surface area contributed by atoms with Crippen LogP contribution in [0.15, 0.2) is 36.4 Å². The van der Waals surface area contributed by atoms with Crippen LogP contribution in [-0.4, -0.2) is 13.1 Å². The van der Waals surface area contributed by atoms with Gasteiger partial charge < -0.3 is 5.32 Å². The molecule has 4 atom stereocenters. The second-order valence-corrected chi connectivity index (χ2v) is 6.04. The molecule has 4 unspecified atom stereocenters. The molecule has 3 aliphatic rings. The standard InChI is InChI=1S/C15H16ClN/c16-10-3-1-9(2-4-10)15-11-5-6-12(15)14-8-17-7-13(11)14/h1-6,11-15,17H,7-8H2. The molecule has 17 heavy (non-hydrogen) atoms. The van der Waals surface area contributed by atoms with E-state index in [1.807, 2.05) is 12.1 Å². The Morgan fingerprint density at radius 3 is 2.12 bits per heavy atom. The van der Waals surface area contributed by atoms with Gasteiger partial charge in [-0.2, -0.15) is 0 Å². The Balaban J connectivity index is 1.71. The molecule has 1 aromatic carbocycles. The smallest absolute Gasteiger partial charge is 0.0406 e. The van der Waals surface area contributed by atoms with Crippen molar-refractivity contribution in [2.24, 2.45) is 23.7 Å². The molecule has 2 aliphatic carbocycles. The predicted molar refractivity (Wildman–Crippen MR) is 70.2 cm³/mol. The summed E-state index contributed by atoms with van der Waals surface area (Å²) in [5.74, 6) is 3.95. The van der Waals surface area contributed by atoms with Crippen LogP contribution in [0, 0.1) is 23.7 Å². The number of allylic oxidation sites excluding steroid dienone is 2. The summed E-state index contributed by atoms with van der Waals surface area (Å²) in [5, 5.41) is 4.39. The van der Waals surface area contributed by atoms with Gasteiger partial charge in [0.25, 0.3) is 0 Å². The second kappa shape index (κ2) is 3.60. The highest BCUT2D eigenvalue weighted by Gasteiger charge is 2.53. The zero-order chi connectivity index (χ0) is 11.4. The summed E-state index contributed by atoms with van der Waals surface area (Å²) in [5.41, 5.74) is 1.48. The first-order chi connectivity index (χ1) is 8.34.